The molecule has 1 N–H and O–H groups in total. The molecule has 5 heterocycles. The molecule has 3 fully saturated rings. The predicted octanol–water partition coefficient (Wildman–Crippen LogP) is 3.16. The van der Waals surface area contributed by atoms with Gasteiger partial charge in [0.1, 0.15) is 0 Å². The second kappa shape index (κ2) is 9.82. The molecule has 0 bridgehead atoms. The zero-order valence-electron chi connectivity index (χ0n) is 23.5. The third kappa shape index (κ3) is 4.93. The highest BCUT2D eigenvalue weighted by Crippen LogP contribution is 2.35. The van der Waals surface area contributed by atoms with E-state index in [1.807, 2.05) is 11.2 Å². The van der Waals surface area contributed by atoms with Crippen LogP contribution in [-0.2, 0) is 10.3 Å². The van der Waals surface area contributed by atoms with E-state index in [-0.39, 0.29) is 11.4 Å². The number of hydrogen-bond acceptors (Lipinski definition) is 8. The van der Waals surface area contributed by atoms with Crippen molar-refractivity contribution >= 4 is 40.2 Å². The second-order valence-corrected chi connectivity index (χ2v) is 12.2. The summed E-state index contributed by atoms with van der Waals surface area (Å²) >= 11 is 0. The van der Waals surface area contributed by atoms with E-state index in [0.29, 0.717) is 23.6 Å². The molecule has 0 aliphatic carbocycles. The van der Waals surface area contributed by atoms with Crippen LogP contribution in [0.2, 0.25) is 0 Å². The lowest BCUT2D eigenvalue weighted by atomic mass is 10.0. The molecular weight excluding hydrogens is 490 g/mol. The predicted molar refractivity (Wildman–Crippen MR) is 156 cm³/mol. The first-order valence-electron chi connectivity index (χ1n) is 13.9. The Balaban J connectivity index is 1.27. The molecule has 3 aromatic rings. The molecule has 1 amide bonds. The van der Waals surface area contributed by atoms with Crippen LogP contribution in [0.4, 0.5) is 23.1 Å². The van der Waals surface area contributed by atoms with Gasteiger partial charge in [0, 0.05) is 81.1 Å². The minimum atomic E-state index is -0.172. The summed E-state index contributed by atoms with van der Waals surface area (Å²) in [4.78, 5) is 35.9. The number of fused-ring (bicyclic) bond motifs is 2. The Hall–Kier alpha value is -3.66. The van der Waals surface area contributed by atoms with Crippen LogP contribution in [0.1, 0.15) is 20.8 Å². The Morgan fingerprint density at radius 2 is 1.64 bits per heavy atom. The van der Waals surface area contributed by atoms with E-state index in [0.717, 1.165) is 69.2 Å². The summed E-state index contributed by atoms with van der Waals surface area (Å²) in [5, 5.41) is 3.55. The molecule has 1 aromatic carbocycles. The van der Waals surface area contributed by atoms with Crippen molar-refractivity contribution < 1.29 is 4.79 Å². The normalized spacial score (nSPS) is 22.0. The van der Waals surface area contributed by atoms with Crippen LogP contribution >= 0.6 is 0 Å². The van der Waals surface area contributed by atoms with Crippen LogP contribution in [0.15, 0.2) is 43.2 Å². The number of piperazine rings is 1. The molecule has 3 aliphatic heterocycles. The topological polar surface area (TPSA) is 85.7 Å². The number of likely N-dealkylation sites (N-methyl/N-ethyl adjacent to an activating group) is 1. The van der Waals surface area contributed by atoms with E-state index >= 15 is 0 Å². The van der Waals surface area contributed by atoms with E-state index in [1.54, 1.807) is 0 Å². The van der Waals surface area contributed by atoms with Gasteiger partial charge >= 0.3 is 0 Å². The molecule has 2 atom stereocenters. The minimum absolute atomic E-state index is 0.0211. The molecular formula is C29H39N9O. The summed E-state index contributed by atoms with van der Waals surface area (Å²) in [7, 11) is 2.18. The van der Waals surface area contributed by atoms with Crippen molar-refractivity contribution in [3.63, 3.8) is 0 Å². The van der Waals surface area contributed by atoms with Gasteiger partial charge in [-0.15, -0.1) is 0 Å². The molecule has 6 rings (SSSR count). The molecule has 2 aromatic heterocycles. The van der Waals surface area contributed by atoms with Crippen molar-refractivity contribution in [1.29, 1.82) is 0 Å². The first-order valence-corrected chi connectivity index (χ1v) is 13.9. The summed E-state index contributed by atoms with van der Waals surface area (Å²) in [6.45, 7) is 17.6. The molecule has 0 saturated carbocycles. The number of amides is 1. The van der Waals surface area contributed by atoms with E-state index in [9.17, 15) is 4.79 Å². The lowest BCUT2D eigenvalue weighted by molar-refractivity contribution is -0.125. The molecule has 0 radical (unpaired) electrons. The summed E-state index contributed by atoms with van der Waals surface area (Å²) < 4.78 is 2.12. The van der Waals surface area contributed by atoms with Crippen molar-refractivity contribution in [3.05, 3.63) is 43.2 Å². The van der Waals surface area contributed by atoms with Crippen LogP contribution in [0.25, 0.3) is 11.2 Å². The van der Waals surface area contributed by atoms with Gasteiger partial charge < -0.3 is 29.5 Å². The molecule has 206 valence electrons. The smallest absolute Gasteiger partial charge is 0.245 e. The highest BCUT2D eigenvalue weighted by Gasteiger charge is 2.42. The van der Waals surface area contributed by atoms with Gasteiger partial charge in [-0.25, -0.2) is 4.98 Å². The maximum absolute atomic E-state index is 12.1. The monoisotopic (exact) mass is 529 g/mol. The van der Waals surface area contributed by atoms with Crippen molar-refractivity contribution in [2.75, 3.05) is 74.5 Å². The van der Waals surface area contributed by atoms with Crippen molar-refractivity contribution in [2.24, 2.45) is 11.8 Å². The van der Waals surface area contributed by atoms with Crippen LogP contribution in [0.3, 0.4) is 0 Å². The maximum atomic E-state index is 12.1. The fourth-order valence-corrected chi connectivity index (χ4v) is 6.03. The van der Waals surface area contributed by atoms with Gasteiger partial charge in [-0.05, 0) is 58.2 Å². The maximum Gasteiger partial charge on any atom is 0.245 e. The average Bonchev–Trinajstić information content (AvgIpc) is 3.62. The summed E-state index contributed by atoms with van der Waals surface area (Å²) in [5.41, 5.74) is 3.63. The summed E-state index contributed by atoms with van der Waals surface area (Å²) in [6, 6.07) is 8.60. The molecule has 3 saturated heterocycles. The van der Waals surface area contributed by atoms with Gasteiger partial charge in [-0.3, -0.25) is 4.79 Å². The number of rotatable bonds is 5. The average molecular weight is 530 g/mol. The lowest BCUT2D eigenvalue weighted by Gasteiger charge is -2.34. The number of carbonyl (C=O) groups excluding carboxylic acids is 1. The lowest BCUT2D eigenvalue weighted by Crippen LogP contribution is -2.44. The zero-order valence-corrected chi connectivity index (χ0v) is 23.5. The number of benzene rings is 1. The number of likely N-dealkylation sites (tertiary alicyclic amines) is 1. The number of anilines is 4. The SMILES string of the molecule is C=CC(=O)N1CC2CN(c3nc(Nc4ccc(N5CCN(C)CC5)cc4)c4ncn(C(C)(C)C)c4n3)CC2C1. The number of imidazole rings is 1. The highest BCUT2D eigenvalue weighted by atomic mass is 16.2. The van der Waals surface area contributed by atoms with E-state index < -0.39 is 0 Å². The van der Waals surface area contributed by atoms with Gasteiger partial charge in [0.05, 0.1) is 6.33 Å². The van der Waals surface area contributed by atoms with Crippen LogP contribution < -0.4 is 15.1 Å². The Bertz CT molecular complexity index is 1350. The number of nitrogens with one attached hydrogen (secondary N) is 1. The van der Waals surface area contributed by atoms with Crippen LogP contribution in [0.5, 0.6) is 0 Å². The standard InChI is InChI=1S/C29H39N9O/c1-6-24(39)36-15-20-17-37(18-21(20)16-36)28-32-26(25-27(33-28)38(19-30-25)29(2,3)4)31-22-7-9-23(10-8-22)35-13-11-34(5)12-14-35/h6-10,19-21H,1,11-18H2,2-5H3,(H,31,32,33). The van der Waals surface area contributed by atoms with E-state index in [2.05, 4.69) is 83.2 Å². The zero-order chi connectivity index (χ0) is 27.3. The van der Waals surface area contributed by atoms with E-state index in [4.69, 9.17) is 15.0 Å². The molecule has 3 aliphatic rings. The molecule has 39 heavy (non-hydrogen) atoms. The molecule has 2 unspecified atom stereocenters. The molecule has 0 spiro atoms. The van der Waals surface area contributed by atoms with Gasteiger partial charge in [0.15, 0.2) is 17.0 Å². The van der Waals surface area contributed by atoms with Gasteiger partial charge in [-0.1, -0.05) is 6.58 Å². The number of carbonyl (C=O) groups is 1. The number of nitrogens with zero attached hydrogens (tertiary/aromatic N) is 8. The Morgan fingerprint density at radius 1 is 0.974 bits per heavy atom. The molecule has 10 heteroatoms. The fraction of sp³-hybridized carbons (Fsp3) is 0.517. The number of aromatic nitrogens is 4. The Kier molecular flexibility index (Phi) is 6.45. The Morgan fingerprint density at radius 3 is 2.26 bits per heavy atom. The summed E-state index contributed by atoms with van der Waals surface area (Å²) in [6.07, 6.45) is 3.28. The van der Waals surface area contributed by atoms with Crippen molar-refractivity contribution in [3.8, 4) is 0 Å². The first-order chi connectivity index (χ1) is 18.7. The van der Waals surface area contributed by atoms with E-state index in [1.165, 1.54) is 11.8 Å². The van der Waals surface area contributed by atoms with Gasteiger partial charge in [0.2, 0.25) is 11.9 Å². The fourth-order valence-electron chi connectivity index (χ4n) is 6.03. The quantitative estimate of drug-likeness (QED) is 0.505. The summed E-state index contributed by atoms with van der Waals surface area (Å²) in [5.74, 6) is 2.28. The van der Waals surface area contributed by atoms with Crippen molar-refractivity contribution in [2.45, 2.75) is 26.3 Å². The van der Waals surface area contributed by atoms with Gasteiger partial charge in [0.25, 0.3) is 0 Å². The van der Waals surface area contributed by atoms with Crippen molar-refractivity contribution in [1.82, 2.24) is 29.3 Å². The minimum Gasteiger partial charge on any atom is -0.369 e. The van der Waals surface area contributed by atoms with Crippen LogP contribution in [0, 0.1) is 11.8 Å². The second-order valence-electron chi connectivity index (χ2n) is 12.2. The van der Waals surface area contributed by atoms with Crippen LogP contribution in [-0.4, -0.2) is 94.6 Å². The highest BCUT2D eigenvalue weighted by molar-refractivity contribution is 5.88. The molecule has 10 nitrogen and oxygen atoms in total. The van der Waals surface area contributed by atoms with Gasteiger partial charge in [-0.2, -0.15) is 9.97 Å². The Labute approximate surface area is 230 Å². The third-order valence-corrected chi connectivity index (χ3v) is 8.36. The first kappa shape index (κ1) is 25.6. The third-order valence-electron chi connectivity index (χ3n) is 8.36. The number of hydrogen-bond donors (Lipinski definition) is 1. The largest absolute Gasteiger partial charge is 0.369 e.